The lowest BCUT2D eigenvalue weighted by atomic mass is 10.1. The Balaban J connectivity index is 2.11. The van der Waals surface area contributed by atoms with E-state index in [0.29, 0.717) is 13.0 Å². The van der Waals surface area contributed by atoms with Gasteiger partial charge in [-0.15, -0.1) is 0 Å². The summed E-state index contributed by atoms with van der Waals surface area (Å²) in [5.74, 6) is -0.165. The van der Waals surface area contributed by atoms with Crippen molar-refractivity contribution in [2.45, 2.75) is 31.9 Å². The number of unbranched alkanes of at least 4 members (excludes halogenated alkanes) is 1. The van der Waals surface area contributed by atoms with E-state index in [0.717, 1.165) is 24.1 Å². The number of hydrogen-bond donors (Lipinski definition) is 4. The molecule has 0 unspecified atom stereocenters. The Morgan fingerprint density at radius 3 is 2.48 bits per heavy atom. The van der Waals surface area contributed by atoms with Gasteiger partial charge < -0.3 is 26.4 Å². The third-order valence-electron chi connectivity index (χ3n) is 3.41. The fourth-order valence-corrected chi connectivity index (χ4v) is 1.96. The Hall–Kier alpha value is -2.28. The van der Waals surface area contributed by atoms with E-state index in [9.17, 15) is 9.59 Å². The number of carbonyl (C=O) groups excluding carboxylic acids is 2. The van der Waals surface area contributed by atoms with Crippen molar-refractivity contribution in [1.29, 1.82) is 0 Å². The van der Waals surface area contributed by atoms with Gasteiger partial charge in [0.25, 0.3) is 0 Å². The number of alkyl carbamates (subject to hydrolysis) is 1. The molecule has 1 aromatic rings. The Kier molecular flexibility index (Phi) is 8.52. The van der Waals surface area contributed by atoms with Crippen LogP contribution in [0.25, 0.3) is 0 Å². The van der Waals surface area contributed by atoms with Crippen LogP contribution < -0.4 is 21.7 Å². The lowest BCUT2D eigenvalue weighted by molar-refractivity contribution is -0.122. The molecule has 0 aliphatic heterocycles. The van der Waals surface area contributed by atoms with Gasteiger partial charge >= 0.3 is 6.09 Å². The zero-order valence-corrected chi connectivity index (χ0v) is 13.7. The molecule has 1 aromatic carbocycles. The highest BCUT2D eigenvalue weighted by Crippen LogP contribution is 2.09. The number of nitrogens with one attached hydrogen (secondary N) is 3. The molecule has 0 aromatic heterocycles. The number of hydrogen-bond acceptors (Lipinski definition) is 5. The summed E-state index contributed by atoms with van der Waals surface area (Å²) in [6.07, 6.45) is 1.66. The van der Waals surface area contributed by atoms with Gasteiger partial charge in [-0.25, -0.2) is 4.79 Å². The molecule has 0 bridgehead atoms. The van der Waals surface area contributed by atoms with Crippen LogP contribution in [-0.2, 0) is 16.1 Å². The molecule has 0 aliphatic carbocycles. The zero-order chi connectivity index (χ0) is 17.1. The van der Waals surface area contributed by atoms with Crippen molar-refractivity contribution >= 4 is 17.7 Å². The highest BCUT2D eigenvalue weighted by Gasteiger charge is 2.10. The maximum atomic E-state index is 11.6. The summed E-state index contributed by atoms with van der Waals surface area (Å²) < 4.78 is 5.13. The summed E-state index contributed by atoms with van der Waals surface area (Å²) in [6, 6.07) is 7.16. The average Bonchev–Trinajstić information content (AvgIpc) is 2.59. The average molecular weight is 322 g/mol. The first kappa shape index (κ1) is 18.8. The van der Waals surface area contributed by atoms with Crippen LogP contribution in [0.1, 0.15) is 24.8 Å². The molecule has 0 radical (unpaired) electrons. The monoisotopic (exact) mass is 322 g/mol. The smallest absolute Gasteiger partial charge is 0.407 e. The lowest BCUT2D eigenvalue weighted by Gasteiger charge is -2.10. The second kappa shape index (κ2) is 10.4. The highest BCUT2D eigenvalue weighted by atomic mass is 16.5. The molecule has 2 amide bonds. The first-order valence-electron chi connectivity index (χ1n) is 7.71. The van der Waals surface area contributed by atoms with E-state index in [1.165, 1.54) is 0 Å². The van der Waals surface area contributed by atoms with Crippen molar-refractivity contribution in [3.05, 3.63) is 29.8 Å². The first-order valence-corrected chi connectivity index (χ1v) is 7.71. The van der Waals surface area contributed by atoms with Gasteiger partial charge in [0.2, 0.25) is 5.91 Å². The number of likely N-dealkylation sites (N-methyl/N-ethyl adjacent to an activating group) is 1. The summed E-state index contributed by atoms with van der Waals surface area (Å²) in [7, 11) is 3.41. The molecular weight excluding hydrogens is 296 g/mol. The molecule has 1 atom stereocenters. The van der Waals surface area contributed by atoms with Crippen molar-refractivity contribution in [3.8, 4) is 0 Å². The molecule has 0 spiro atoms. The van der Waals surface area contributed by atoms with E-state index in [4.69, 9.17) is 10.5 Å². The molecule has 0 aliphatic rings. The third kappa shape index (κ3) is 7.51. The van der Waals surface area contributed by atoms with Gasteiger partial charge in [-0.3, -0.25) is 4.79 Å². The minimum atomic E-state index is -0.493. The minimum absolute atomic E-state index is 0.165. The van der Waals surface area contributed by atoms with Gasteiger partial charge in [0, 0.05) is 26.3 Å². The molecular formula is C16H26N4O3. The Labute approximate surface area is 137 Å². The van der Waals surface area contributed by atoms with Crippen molar-refractivity contribution in [2.75, 3.05) is 26.0 Å². The standard InChI is InChI=1S/C16H26N4O3/c1-18-13-8-6-12(7-9-13)11-23-16(22)20-10-4-3-5-14(17)15(21)19-2/h6-9,14,18H,3-5,10-11,17H2,1-2H3,(H,19,21)(H,20,22)/t14-/m0/s1. The first-order chi connectivity index (χ1) is 11.1. The third-order valence-corrected chi connectivity index (χ3v) is 3.41. The summed E-state index contributed by atoms with van der Waals surface area (Å²) in [4.78, 5) is 22.8. The molecule has 5 N–H and O–H groups in total. The van der Waals surface area contributed by atoms with Gasteiger partial charge in [-0.1, -0.05) is 12.1 Å². The number of amides is 2. The van der Waals surface area contributed by atoms with Crippen molar-refractivity contribution < 1.29 is 14.3 Å². The number of carbonyl (C=O) groups is 2. The highest BCUT2D eigenvalue weighted by molar-refractivity contribution is 5.81. The molecule has 128 valence electrons. The minimum Gasteiger partial charge on any atom is -0.445 e. The van der Waals surface area contributed by atoms with Gasteiger partial charge in [-0.2, -0.15) is 0 Å². The van der Waals surface area contributed by atoms with E-state index in [1.807, 2.05) is 31.3 Å². The molecule has 0 heterocycles. The SMILES string of the molecule is CNC(=O)[C@@H](N)CCCCNC(=O)OCc1ccc(NC)cc1. The van der Waals surface area contributed by atoms with Crippen LogP contribution in [0.3, 0.4) is 0 Å². The lowest BCUT2D eigenvalue weighted by Crippen LogP contribution is -2.38. The number of nitrogens with two attached hydrogens (primary N) is 1. The maximum absolute atomic E-state index is 11.6. The Morgan fingerprint density at radius 1 is 1.17 bits per heavy atom. The van der Waals surface area contributed by atoms with Crippen LogP contribution >= 0.6 is 0 Å². The van der Waals surface area contributed by atoms with Crippen LogP contribution in [0.2, 0.25) is 0 Å². The molecule has 0 saturated heterocycles. The Morgan fingerprint density at radius 2 is 1.87 bits per heavy atom. The van der Waals surface area contributed by atoms with Crippen molar-refractivity contribution in [2.24, 2.45) is 5.73 Å². The predicted molar refractivity (Wildman–Crippen MR) is 90.1 cm³/mol. The van der Waals surface area contributed by atoms with E-state index in [2.05, 4.69) is 16.0 Å². The van der Waals surface area contributed by atoms with Gasteiger partial charge in [0.1, 0.15) is 6.61 Å². The van der Waals surface area contributed by atoms with Crippen molar-refractivity contribution in [3.63, 3.8) is 0 Å². The van der Waals surface area contributed by atoms with E-state index in [-0.39, 0.29) is 12.5 Å². The molecule has 7 heteroatoms. The zero-order valence-electron chi connectivity index (χ0n) is 13.7. The maximum Gasteiger partial charge on any atom is 0.407 e. The molecule has 0 saturated carbocycles. The number of ether oxygens (including phenoxy) is 1. The molecule has 0 fully saturated rings. The van der Waals surface area contributed by atoms with Crippen LogP contribution in [0, 0.1) is 0 Å². The second-order valence-corrected chi connectivity index (χ2v) is 5.17. The number of rotatable bonds is 9. The summed E-state index contributed by atoms with van der Waals surface area (Å²) in [5.41, 5.74) is 7.61. The van der Waals surface area contributed by atoms with E-state index < -0.39 is 12.1 Å². The largest absolute Gasteiger partial charge is 0.445 e. The fourth-order valence-electron chi connectivity index (χ4n) is 1.96. The normalized spacial score (nSPS) is 11.4. The van der Waals surface area contributed by atoms with Gasteiger partial charge in [-0.05, 0) is 37.0 Å². The fraction of sp³-hybridized carbons (Fsp3) is 0.500. The quantitative estimate of drug-likeness (QED) is 0.511. The predicted octanol–water partition coefficient (Wildman–Crippen LogP) is 1.20. The summed E-state index contributed by atoms with van der Waals surface area (Å²) in [6.45, 7) is 0.732. The second-order valence-electron chi connectivity index (χ2n) is 5.17. The molecule has 23 heavy (non-hydrogen) atoms. The molecule has 7 nitrogen and oxygen atoms in total. The van der Waals surface area contributed by atoms with Crippen LogP contribution in [0.15, 0.2) is 24.3 Å². The van der Waals surface area contributed by atoms with Crippen LogP contribution in [0.4, 0.5) is 10.5 Å². The summed E-state index contributed by atoms with van der Waals surface area (Å²) in [5, 5.41) is 8.21. The van der Waals surface area contributed by atoms with Gasteiger partial charge in [0.05, 0.1) is 6.04 Å². The topological polar surface area (TPSA) is 105 Å². The molecule has 1 rings (SSSR count). The Bertz CT molecular complexity index is 491. The number of anilines is 1. The van der Waals surface area contributed by atoms with E-state index in [1.54, 1.807) is 7.05 Å². The van der Waals surface area contributed by atoms with Gasteiger partial charge in [0.15, 0.2) is 0 Å². The summed E-state index contributed by atoms with van der Waals surface area (Å²) >= 11 is 0. The van der Waals surface area contributed by atoms with Crippen LogP contribution in [0.5, 0.6) is 0 Å². The van der Waals surface area contributed by atoms with Crippen molar-refractivity contribution in [1.82, 2.24) is 10.6 Å². The van der Waals surface area contributed by atoms with Crippen LogP contribution in [-0.4, -0.2) is 38.7 Å². The van der Waals surface area contributed by atoms with E-state index >= 15 is 0 Å². The number of benzene rings is 1.